The lowest BCUT2D eigenvalue weighted by Crippen LogP contribution is -2.33. The lowest BCUT2D eigenvalue weighted by atomic mass is 10.2. The summed E-state index contributed by atoms with van der Waals surface area (Å²) in [5.41, 5.74) is 0.166. The molecule has 2 aromatic heterocycles. The third-order valence-electron chi connectivity index (χ3n) is 3.59. The number of halogens is 3. The van der Waals surface area contributed by atoms with Gasteiger partial charge in [-0.25, -0.2) is 18.2 Å². The average Bonchev–Trinajstić information content (AvgIpc) is 2.98. The number of nitrogens with zero attached hydrogens (tertiary/aromatic N) is 3. The molecule has 3 aromatic rings. The molecule has 142 valence electrons. The van der Waals surface area contributed by atoms with Crippen molar-refractivity contribution in [2.45, 2.75) is 24.9 Å². The first-order valence-electron chi connectivity index (χ1n) is 7.48. The molecule has 1 amide bonds. The smallest absolute Gasteiger partial charge is 0.263 e. The number of nitrogens with one attached hydrogen (secondary N) is 2. The summed E-state index contributed by atoms with van der Waals surface area (Å²) in [7, 11) is -4.54. The lowest BCUT2D eigenvalue weighted by Gasteiger charge is -2.09. The third-order valence-corrected chi connectivity index (χ3v) is 4.92. The molecule has 12 heteroatoms. The number of fused-ring (bicyclic) bond motifs is 1. The van der Waals surface area contributed by atoms with E-state index in [-0.39, 0.29) is 11.6 Å². The van der Waals surface area contributed by atoms with Crippen LogP contribution < -0.4 is 9.24 Å². The molecule has 0 aliphatic rings. The molecule has 8 nitrogen and oxygen atoms in total. The number of aryl methyl sites for hydroxylation is 2. The molecule has 0 unspecified atom stereocenters. The maximum Gasteiger partial charge on any atom is 0.457 e. The molecule has 0 saturated heterocycles. The van der Waals surface area contributed by atoms with Crippen LogP contribution in [0.4, 0.5) is 13.2 Å². The molecular formula is C15H13F3N5O3S+. The number of hydrogen-bond donors (Lipinski definition) is 2. The minimum absolute atomic E-state index is 0.147. The number of carbonyl (C=O) groups excluding carboxylic acids is 1. The second-order valence-electron chi connectivity index (χ2n) is 5.71. The van der Waals surface area contributed by atoms with Crippen LogP contribution in [0.1, 0.15) is 27.6 Å². The van der Waals surface area contributed by atoms with Crippen molar-refractivity contribution in [2.24, 2.45) is 0 Å². The largest absolute Gasteiger partial charge is 0.457 e. The summed E-state index contributed by atoms with van der Waals surface area (Å²) in [4.78, 5) is 19.5. The number of amides is 1. The van der Waals surface area contributed by atoms with Crippen LogP contribution in [0.15, 0.2) is 35.2 Å². The Morgan fingerprint density at radius 2 is 1.89 bits per heavy atom. The maximum absolute atomic E-state index is 12.8. The minimum Gasteiger partial charge on any atom is -0.263 e. The van der Waals surface area contributed by atoms with E-state index in [0.29, 0.717) is 17.5 Å². The van der Waals surface area contributed by atoms with Gasteiger partial charge in [-0.1, -0.05) is 11.1 Å². The van der Waals surface area contributed by atoms with Gasteiger partial charge in [0.25, 0.3) is 10.0 Å². The summed E-state index contributed by atoms with van der Waals surface area (Å²) in [6, 6.07) is 4.78. The number of rotatable bonds is 3. The highest BCUT2D eigenvalue weighted by atomic mass is 32.2. The molecule has 2 N–H and O–H groups in total. The molecule has 0 aliphatic heterocycles. The normalized spacial score (nSPS) is 12.3. The Morgan fingerprint density at radius 1 is 1.19 bits per heavy atom. The van der Waals surface area contributed by atoms with Gasteiger partial charge in [0.05, 0.1) is 10.5 Å². The van der Waals surface area contributed by atoms with E-state index in [4.69, 9.17) is 0 Å². The van der Waals surface area contributed by atoms with Gasteiger partial charge in [0, 0.05) is 6.07 Å². The van der Waals surface area contributed by atoms with Crippen LogP contribution in [0.2, 0.25) is 0 Å². The molecule has 2 heterocycles. The first kappa shape index (κ1) is 18.8. The van der Waals surface area contributed by atoms with Gasteiger partial charge in [-0.05, 0) is 37.0 Å². The topological polar surface area (TPSA) is 109 Å². The van der Waals surface area contributed by atoms with Crippen LogP contribution in [0.25, 0.3) is 5.78 Å². The number of sulfonamides is 1. The maximum atomic E-state index is 12.8. The second kappa shape index (κ2) is 6.30. The van der Waals surface area contributed by atoms with Gasteiger partial charge >= 0.3 is 23.7 Å². The van der Waals surface area contributed by atoms with Crippen LogP contribution >= 0.6 is 0 Å². The van der Waals surface area contributed by atoms with Crippen LogP contribution in [-0.2, 0) is 16.2 Å². The van der Waals surface area contributed by atoms with Crippen molar-refractivity contribution < 1.29 is 30.9 Å². The molecule has 0 aliphatic carbocycles. The quantitative estimate of drug-likeness (QED) is 0.644. The number of alkyl halides is 3. The second-order valence-corrected chi connectivity index (χ2v) is 7.39. The van der Waals surface area contributed by atoms with Crippen molar-refractivity contribution >= 4 is 21.7 Å². The summed E-state index contributed by atoms with van der Waals surface area (Å²) >= 11 is 0. The summed E-state index contributed by atoms with van der Waals surface area (Å²) in [5.74, 6) is -1.34. The Hall–Kier alpha value is -3.02. The van der Waals surface area contributed by atoms with E-state index >= 15 is 0 Å². The van der Waals surface area contributed by atoms with Crippen LogP contribution in [-0.4, -0.2) is 29.4 Å². The van der Waals surface area contributed by atoms with Crippen molar-refractivity contribution in [2.75, 3.05) is 0 Å². The first-order valence-corrected chi connectivity index (χ1v) is 8.96. The minimum atomic E-state index is -4.72. The predicted octanol–water partition coefficient (Wildman–Crippen LogP) is 1.30. The van der Waals surface area contributed by atoms with Crippen molar-refractivity contribution in [1.82, 2.24) is 19.8 Å². The van der Waals surface area contributed by atoms with Gasteiger partial charge in [-0.15, -0.1) is 4.52 Å². The van der Waals surface area contributed by atoms with Crippen LogP contribution in [0, 0.1) is 13.8 Å². The molecule has 0 fully saturated rings. The zero-order chi connectivity index (χ0) is 20.0. The summed E-state index contributed by atoms with van der Waals surface area (Å²) in [6.45, 7) is 3.44. The Morgan fingerprint density at radius 3 is 2.56 bits per heavy atom. The number of aromatic amines is 1. The third kappa shape index (κ3) is 3.74. The summed E-state index contributed by atoms with van der Waals surface area (Å²) in [6.07, 6.45) is -4.72. The van der Waals surface area contributed by atoms with E-state index < -0.39 is 32.6 Å². The highest BCUT2D eigenvalue weighted by molar-refractivity contribution is 7.90. The van der Waals surface area contributed by atoms with E-state index in [1.165, 1.54) is 4.52 Å². The Kier molecular flexibility index (Phi) is 4.38. The number of carbonyl (C=O) groups is 1. The fourth-order valence-corrected chi connectivity index (χ4v) is 3.38. The predicted molar refractivity (Wildman–Crippen MR) is 85.1 cm³/mol. The van der Waals surface area contributed by atoms with Crippen molar-refractivity contribution in [1.29, 1.82) is 0 Å². The molecule has 0 radical (unpaired) electrons. The van der Waals surface area contributed by atoms with Gasteiger partial charge in [0.1, 0.15) is 11.4 Å². The van der Waals surface area contributed by atoms with E-state index in [9.17, 15) is 26.4 Å². The van der Waals surface area contributed by atoms with Crippen molar-refractivity contribution in [3.05, 3.63) is 53.1 Å². The Labute approximate surface area is 151 Å². The van der Waals surface area contributed by atoms with E-state index in [2.05, 4.69) is 15.1 Å². The molecule has 0 saturated carbocycles. The van der Waals surface area contributed by atoms with E-state index in [0.717, 1.165) is 18.2 Å². The van der Waals surface area contributed by atoms with Crippen molar-refractivity contribution in [3.8, 4) is 0 Å². The van der Waals surface area contributed by atoms with Crippen LogP contribution in [0.5, 0.6) is 0 Å². The molecule has 0 bridgehead atoms. The molecule has 1 aromatic carbocycles. The fourth-order valence-electron chi connectivity index (χ4n) is 2.38. The zero-order valence-corrected chi connectivity index (χ0v) is 14.8. The Balaban J connectivity index is 1.92. The van der Waals surface area contributed by atoms with Gasteiger partial charge in [-0.2, -0.15) is 13.2 Å². The number of hydrogen-bond acceptors (Lipinski definition) is 5. The number of H-pyrrole nitrogens is 1. The monoisotopic (exact) mass is 400 g/mol. The SMILES string of the molecule is Cc1cc(C)[n+]2[nH]c(C(=O)NS(=O)(=O)c3cccc(C(F)(F)F)c3)nc2n1. The van der Waals surface area contributed by atoms with Gasteiger partial charge < -0.3 is 0 Å². The number of benzene rings is 1. The van der Waals surface area contributed by atoms with Gasteiger partial charge in [0.2, 0.25) is 0 Å². The molecular weight excluding hydrogens is 387 g/mol. The van der Waals surface area contributed by atoms with E-state index in [1.54, 1.807) is 24.6 Å². The standard InChI is InChI=1S/C15H12F3N5O3S/c1-8-6-9(2)23-14(19-8)20-12(21-23)13(24)22-27(25,26)11-5-3-4-10(7-11)15(16,17)18/h3-7H,1-2H3,(H,22,24)/p+1. The highest BCUT2D eigenvalue weighted by Gasteiger charge is 2.32. The Bertz CT molecular complexity index is 1160. The lowest BCUT2D eigenvalue weighted by molar-refractivity contribution is -0.587. The van der Waals surface area contributed by atoms with Crippen LogP contribution in [0.3, 0.4) is 0 Å². The summed E-state index contributed by atoms with van der Waals surface area (Å²) in [5, 5.41) is 2.59. The van der Waals surface area contributed by atoms with Crippen molar-refractivity contribution in [3.63, 3.8) is 0 Å². The molecule has 3 rings (SSSR count). The molecule has 0 spiro atoms. The first-order chi connectivity index (χ1) is 12.5. The fraction of sp³-hybridized carbons (Fsp3) is 0.200. The van der Waals surface area contributed by atoms with Gasteiger partial charge in [0.15, 0.2) is 0 Å². The number of aromatic nitrogens is 4. The highest BCUT2D eigenvalue weighted by Crippen LogP contribution is 2.30. The molecule has 0 atom stereocenters. The van der Waals surface area contributed by atoms with E-state index in [1.807, 2.05) is 0 Å². The average molecular weight is 400 g/mol. The zero-order valence-electron chi connectivity index (χ0n) is 14.0. The summed E-state index contributed by atoms with van der Waals surface area (Å²) < 4.78 is 65.9. The van der Waals surface area contributed by atoms with Gasteiger partial charge in [-0.3, -0.25) is 4.79 Å². The molecule has 27 heavy (non-hydrogen) atoms.